The Morgan fingerprint density at radius 1 is 0.900 bits per heavy atom. The molecule has 0 spiro atoms. The molecule has 1 amide bonds. The molecule has 2 aromatic rings. The molecule has 1 aliphatic rings. The SMILES string of the molecule is CCCCCCCCCCCCOc1ccc(CCCN)cc1C(=O)Nc1ccc(OCC2CNCCN2)cc1. The van der Waals surface area contributed by atoms with Gasteiger partial charge in [-0.3, -0.25) is 4.79 Å². The average molecular weight is 553 g/mol. The van der Waals surface area contributed by atoms with Gasteiger partial charge in [-0.15, -0.1) is 0 Å². The minimum absolute atomic E-state index is 0.168. The van der Waals surface area contributed by atoms with Crippen LogP contribution in [0, 0.1) is 0 Å². The lowest BCUT2D eigenvalue weighted by Crippen LogP contribution is -2.50. The topological polar surface area (TPSA) is 97.6 Å². The first-order valence-electron chi connectivity index (χ1n) is 15.6. The number of carbonyl (C=O) groups is 1. The van der Waals surface area contributed by atoms with Gasteiger partial charge in [0.15, 0.2) is 0 Å². The fourth-order valence-corrected chi connectivity index (χ4v) is 4.97. The summed E-state index contributed by atoms with van der Waals surface area (Å²) in [5.74, 6) is 1.26. The summed E-state index contributed by atoms with van der Waals surface area (Å²) in [5, 5.41) is 9.84. The van der Waals surface area contributed by atoms with Crippen molar-refractivity contribution in [1.82, 2.24) is 10.6 Å². The van der Waals surface area contributed by atoms with Gasteiger partial charge in [-0.25, -0.2) is 0 Å². The summed E-state index contributed by atoms with van der Waals surface area (Å²) in [7, 11) is 0. The molecule has 0 saturated carbocycles. The number of hydrogen-bond acceptors (Lipinski definition) is 6. The molecule has 0 aliphatic carbocycles. The Kier molecular flexibility index (Phi) is 15.5. The third kappa shape index (κ3) is 12.3. The Bertz CT molecular complexity index is 961. The van der Waals surface area contributed by atoms with Crippen LogP contribution in [0.4, 0.5) is 5.69 Å². The van der Waals surface area contributed by atoms with Gasteiger partial charge in [0.05, 0.1) is 18.2 Å². The number of amides is 1. The lowest BCUT2D eigenvalue weighted by Gasteiger charge is -2.24. The maximum atomic E-state index is 13.3. The number of aryl methyl sites for hydroxylation is 1. The summed E-state index contributed by atoms with van der Waals surface area (Å²) in [4.78, 5) is 13.3. The van der Waals surface area contributed by atoms with Crippen LogP contribution in [-0.2, 0) is 6.42 Å². The largest absolute Gasteiger partial charge is 0.493 e. The summed E-state index contributed by atoms with van der Waals surface area (Å²) in [5.41, 5.74) is 8.10. The van der Waals surface area contributed by atoms with Crippen molar-refractivity contribution < 1.29 is 14.3 Å². The third-order valence-electron chi connectivity index (χ3n) is 7.40. The quantitative estimate of drug-likeness (QED) is 0.149. The molecule has 40 heavy (non-hydrogen) atoms. The predicted molar refractivity (Wildman–Crippen MR) is 166 cm³/mol. The van der Waals surface area contributed by atoms with Crippen LogP contribution in [0.15, 0.2) is 42.5 Å². The van der Waals surface area contributed by atoms with Gasteiger partial charge in [0.1, 0.15) is 18.1 Å². The van der Waals surface area contributed by atoms with E-state index in [2.05, 4.69) is 22.9 Å². The summed E-state index contributed by atoms with van der Waals surface area (Å²) < 4.78 is 12.0. The van der Waals surface area contributed by atoms with Gasteiger partial charge < -0.3 is 31.2 Å². The molecule has 1 heterocycles. The molecule has 2 aromatic carbocycles. The van der Waals surface area contributed by atoms with E-state index in [-0.39, 0.29) is 5.91 Å². The van der Waals surface area contributed by atoms with E-state index in [1.54, 1.807) is 0 Å². The van der Waals surface area contributed by atoms with Crippen LogP contribution in [0.1, 0.15) is 93.5 Å². The first-order chi connectivity index (χ1) is 19.7. The van der Waals surface area contributed by atoms with Gasteiger partial charge in [0, 0.05) is 25.3 Å². The number of rotatable bonds is 20. The Hall–Kier alpha value is -2.61. The van der Waals surface area contributed by atoms with Crippen molar-refractivity contribution in [3.8, 4) is 11.5 Å². The highest BCUT2D eigenvalue weighted by Crippen LogP contribution is 2.24. The van der Waals surface area contributed by atoms with Gasteiger partial charge in [0.2, 0.25) is 0 Å². The number of carbonyl (C=O) groups excluding carboxylic acids is 1. The fraction of sp³-hybridized carbons (Fsp3) is 0.606. The van der Waals surface area contributed by atoms with Crippen molar-refractivity contribution in [1.29, 1.82) is 0 Å². The van der Waals surface area contributed by atoms with Crippen LogP contribution >= 0.6 is 0 Å². The zero-order chi connectivity index (χ0) is 28.3. The molecule has 7 nitrogen and oxygen atoms in total. The minimum atomic E-state index is -0.168. The highest BCUT2D eigenvalue weighted by atomic mass is 16.5. The molecular weight excluding hydrogens is 500 g/mol. The number of benzene rings is 2. The minimum Gasteiger partial charge on any atom is -0.493 e. The number of hydrogen-bond donors (Lipinski definition) is 4. The maximum Gasteiger partial charge on any atom is 0.259 e. The predicted octanol–water partition coefficient (Wildman–Crippen LogP) is 6.07. The van der Waals surface area contributed by atoms with Crippen molar-refractivity contribution in [3.05, 3.63) is 53.6 Å². The Morgan fingerprint density at radius 3 is 2.30 bits per heavy atom. The molecular formula is C33H52N4O3. The molecule has 0 radical (unpaired) electrons. The van der Waals surface area contributed by atoms with E-state index >= 15 is 0 Å². The van der Waals surface area contributed by atoms with E-state index in [9.17, 15) is 4.79 Å². The van der Waals surface area contributed by atoms with Crippen LogP contribution in [-0.4, -0.2) is 51.3 Å². The van der Waals surface area contributed by atoms with Gasteiger partial charge >= 0.3 is 0 Å². The monoisotopic (exact) mass is 552 g/mol. The first kappa shape index (κ1) is 31.9. The summed E-state index contributed by atoms with van der Waals surface area (Å²) >= 11 is 0. The number of nitrogens with two attached hydrogens (primary N) is 1. The maximum absolute atomic E-state index is 13.3. The molecule has 3 rings (SSSR count). The fourth-order valence-electron chi connectivity index (χ4n) is 4.97. The van der Waals surface area contributed by atoms with Crippen LogP contribution in [0.3, 0.4) is 0 Å². The Balaban J connectivity index is 1.47. The second-order valence-corrected chi connectivity index (χ2v) is 10.9. The highest BCUT2D eigenvalue weighted by Gasteiger charge is 2.15. The molecule has 1 atom stereocenters. The molecule has 1 fully saturated rings. The van der Waals surface area contributed by atoms with Crippen LogP contribution in [0.5, 0.6) is 11.5 Å². The Labute approximate surface area is 242 Å². The van der Waals surface area contributed by atoms with Crippen molar-refractivity contribution in [3.63, 3.8) is 0 Å². The number of nitrogens with one attached hydrogen (secondary N) is 3. The smallest absolute Gasteiger partial charge is 0.259 e. The zero-order valence-corrected chi connectivity index (χ0v) is 24.6. The molecule has 5 N–H and O–H groups in total. The van der Waals surface area contributed by atoms with Crippen molar-refractivity contribution in [2.75, 3.05) is 44.7 Å². The van der Waals surface area contributed by atoms with E-state index in [1.165, 1.54) is 51.4 Å². The number of unbranched alkanes of at least 4 members (excludes halogenated alkanes) is 9. The van der Waals surface area contributed by atoms with E-state index in [0.717, 1.165) is 62.3 Å². The van der Waals surface area contributed by atoms with Gasteiger partial charge in [-0.2, -0.15) is 0 Å². The number of ether oxygens (including phenoxy) is 2. The second kappa shape index (κ2) is 19.5. The summed E-state index contributed by atoms with van der Waals surface area (Å²) in [6, 6.07) is 13.8. The van der Waals surface area contributed by atoms with Crippen molar-refractivity contribution >= 4 is 11.6 Å². The molecule has 1 saturated heterocycles. The standard InChI is InChI=1S/C33H52N4O3/c1-2-3-4-5-6-7-8-9-10-11-23-39-32-19-14-27(13-12-20-34)24-31(32)33(38)37-28-15-17-30(18-16-28)40-26-29-25-35-21-22-36-29/h14-19,24,29,35-36H,2-13,20-23,25-26,34H2,1H3,(H,37,38). The molecule has 7 heteroatoms. The van der Waals surface area contributed by atoms with Gasteiger partial charge in [-0.1, -0.05) is 70.8 Å². The average Bonchev–Trinajstić information content (AvgIpc) is 2.99. The normalized spacial score (nSPS) is 15.1. The van der Waals surface area contributed by atoms with Crippen LogP contribution in [0.2, 0.25) is 0 Å². The molecule has 1 aliphatic heterocycles. The van der Waals surface area contributed by atoms with Crippen LogP contribution < -0.4 is 31.2 Å². The highest BCUT2D eigenvalue weighted by molar-refractivity contribution is 6.06. The van der Waals surface area contributed by atoms with Gasteiger partial charge in [-0.05, 0) is 67.8 Å². The third-order valence-corrected chi connectivity index (χ3v) is 7.40. The summed E-state index contributed by atoms with van der Waals surface area (Å²) in [6.45, 7) is 6.97. The first-order valence-corrected chi connectivity index (χ1v) is 15.6. The van der Waals surface area contributed by atoms with E-state index in [1.807, 2.05) is 42.5 Å². The number of piperazine rings is 1. The lowest BCUT2D eigenvalue weighted by atomic mass is 10.0. The van der Waals surface area contributed by atoms with E-state index in [0.29, 0.717) is 37.1 Å². The van der Waals surface area contributed by atoms with Crippen molar-refractivity contribution in [2.24, 2.45) is 5.73 Å². The van der Waals surface area contributed by atoms with Gasteiger partial charge in [0.25, 0.3) is 5.91 Å². The molecule has 1 unspecified atom stereocenters. The van der Waals surface area contributed by atoms with E-state index in [4.69, 9.17) is 15.2 Å². The second-order valence-electron chi connectivity index (χ2n) is 10.9. The molecule has 222 valence electrons. The summed E-state index contributed by atoms with van der Waals surface area (Å²) in [6.07, 6.45) is 14.5. The number of anilines is 1. The zero-order valence-electron chi connectivity index (χ0n) is 24.6. The Morgan fingerprint density at radius 2 is 1.62 bits per heavy atom. The molecule has 0 bridgehead atoms. The lowest BCUT2D eigenvalue weighted by molar-refractivity contribution is 0.102. The van der Waals surface area contributed by atoms with Crippen molar-refractivity contribution in [2.45, 2.75) is 90.0 Å². The molecule has 0 aromatic heterocycles. The van der Waals surface area contributed by atoms with E-state index < -0.39 is 0 Å². The van der Waals surface area contributed by atoms with Crippen LogP contribution in [0.25, 0.3) is 0 Å².